The fraction of sp³-hybridized carbons (Fsp3) is 0.500. The Bertz CT molecular complexity index is 616. The molecule has 0 radical (unpaired) electrons. The smallest absolute Gasteiger partial charge is 0.0708 e. The van der Waals surface area contributed by atoms with Gasteiger partial charge in [-0.25, -0.2) is 0 Å². The Morgan fingerprint density at radius 3 is 2.83 bits per heavy atom. The van der Waals surface area contributed by atoms with Crippen molar-refractivity contribution in [3.63, 3.8) is 0 Å². The summed E-state index contributed by atoms with van der Waals surface area (Å²) in [5.41, 5.74) is 9.36. The van der Waals surface area contributed by atoms with E-state index in [4.69, 9.17) is 5.73 Å². The number of nitrogens with two attached hydrogens (primary N) is 1. The van der Waals surface area contributed by atoms with Gasteiger partial charge in [-0.2, -0.15) is 0 Å². The number of nitrogens with zero attached hydrogens (tertiary/aromatic N) is 2. The molecular weight excluding hydrogens is 329 g/mol. The van der Waals surface area contributed by atoms with E-state index >= 15 is 0 Å². The normalized spacial score (nSPS) is 18.3. The highest BCUT2D eigenvalue weighted by molar-refractivity contribution is 5.85. The van der Waals surface area contributed by atoms with Crippen molar-refractivity contribution >= 4 is 35.7 Å². The first-order chi connectivity index (χ1) is 10.3. The Balaban J connectivity index is 0.00000132. The number of benzene rings is 1. The molecule has 5 heteroatoms. The Labute approximate surface area is 151 Å². The molecule has 1 aromatic heterocycles. The number of hydrogen-bond donors (Lipinski definition) is 1. The van der Waals surface area contributed by atoms with Crippen LogP contribution in [0.3, 0.4) is 0 Å². The van der Waals surface area contributed by atoms with E-state index in [9.17, 15) is 0 Å². The van der Waals surface area contributed by atoms with E-state index in [0.29, 0.717) is 0 Å². The van der Waals surface area contributed by atoms with E-state index in [1.165, 1.54) is 36.9 Å². The average Bonchev–Trinajstić information content (AvgIpc) is 2.48. The maximum absolute atomic E-state index is 5.72. The summed E-state index contributed by atoms with van der Waals surface area (Å²) >= 11 is 0. The van der Waals surface area contributed by atoms with E-state index in [2.05, 4.69) is 47.1 Å². The Morgan fingerprint density at radius 2 is 2.04 bits per heavy atom. The summed E-state index contributed by atoms with van der Waals surface area (Å²) in [6, 6.07) is 10.7. The van der Waals surface area contributed by atoms with Gasteiger partial charge in [0.05, 0.1) is 5.52 Å². The number of halogens is 2. The molecule has 128 valence electrons. The lowest BCUT2D eigenvalue weighted by molar-refractivity contribution is 0.163. The van der Waals surface area contributed by atoms with Gasteiger partial charge in [0.2, 0.25) is 0 Å². The van der Waals surface area contributed by atoms with Crippen LogP contribution in [-0.2, 0) is 6.54 Å². The molecular formula is C18H27Cl2N3. The van der Waals surface area contributed by atoms with Crippen molar-refractivity contribution in [2.45, 2.75) is 32.7 Å². The van der Waals surface area contributed by atoms with Crippen molar-refractivity contribution in [3.05, 3.63) is 41.6 Å². The summed E-state index contributed by atoms with van der Waals surface area (Å²) in [6.45, 7) is 6.33. The van der Waals surface area contributed by atoms with Crippen LogP contribution in [0.4, 0.5) is 0 Å². The highest BCUT2D eigenvalue weighted by Gasteiger charge is 2.20. The molecule has 1 atom stereocenters. The molecule has 2 N–H and O–H groups in total. The maximum atomic E-state index is 5.72. The molecule has 23 heavy (non-hydrogen) atoms. The zero-order chi connectivity index (χ0) is 14.7. The number of pyridine rings is 1. The summed E-state index contributed by atoms with van der Waals surface area (Å²) in [5, 5.41) is 1.30. The number of piperidine rings is 1. The Kier molecular flexibility index (Phi) is 8.27. The first kappa shape index (κ1) is 20.2. The second kappa shape index (κ2) is 9.43. The number of para-hydroxylation sites is 1. The predicted molar refractivity (Wildman–Crippen MR) is 103 cm³/mol. The number of likely N-dealkylation sites (tertiary alicyclic amines) is 1. The van der Waals surface area contributed by atoms with Crippen molar-refractivity contribution in [2.24, 2.45) is 11.7 Å². The molecule has 1 aliphatic rings. The van der Waals surface area contributed by atoms with Crippen molar-refractivity contribution in [1.82, 2.24) is 9.88 Å². The van der Waals surface area contributed by atoms with Gasteiger partial charge in [-0.3, -0.25) is 9.88 Å². The minimum Gasteiger partial charge on any atom is -0.330 e. The predicted octanol–water partition coefficient (Wildman–Crippen LogP) is 3.95. The SMILES string of the molecule is Cc1cc(CN2CCCC(CCN)C2)c2ccccc2n1.Cl.Cl. The third kappa shape index (κ3) is 5.05. The van der Waals surface area contributed by atoms with Crippen LogP contribution in [0.2, 0.25) is 0 Å². The number of rotatable bonds is 4. The van der Waals surface area contributed by atoms with Crippen LogP contribution in [0.5, 0.6) is 0 Å². The minimum absolute atomic E-state index is 0. The summed E-state index contributed by atoms with van der Waals surface area (Å²) in [6.07, 6.45) is 3.79. The lowest BCUT2D eigenvalue weighted by atomic mass is 9.94. The third-order valence-electron chi connectivity index (χ3n) is 4.50. The first-order valence-corrected chi connectivity index (χ1v) is 8.04. The molecule has 1 unspecified atom stereocenters. The van der Waals surface area contributed by atoms with E-state index < -0.39 is 0 Å². The molecule has 1 fully saturated rings. The zero-order valence-corrected chi connectivity index (χ0v) is 15.3. The van der Waals surface area contributed by atoms with Gasteiger partial charge < -0.3 is 5.73 Å². The summed E-state index contributed by atoms with van der Waals surface area (Å²) < 4.78 is 0. The molecule has 0 aliphatic carbocycles. The van der Waals surface area contributed by atoms with Gasteiger partial charge in [-0.05, 0) is 62.9 Å². The zero-order valence-electron chi connectivity index (χ0n) is 13.7. The largest absolute Gasteiger partial charge is 0.330 e. The maximum Gasteiger partial charge on any atom is 0.0708 e. The second-order valence-corrected chi connectivity index (χ2v) is 6.26. The van der Waals surface area contributed by atoms with E-state index in [-0.39, 0.29) is 24.8 Å². The van der Waals surface area contributed by atoms with Gasteiger partial charge in [0.15, 0.2) is 0 Å². The molecule has 3 nitrogen and oxygen atoms in total. The molecule has 0 saturated carbocycles. The summed E-state index contributed by atoms with van der Waals surface area (Å²) in [7, 11) is 0. The quantitative estimate of drug-likeness (QED) is 0.902. The van der Waals surface area contributed by atoms with Crippen LogP contribution >= 0.6 is 24.8 Å². The van der Waals surface area contributed by atoms with E-state index in [1.807, 2.05) is 0 Å². The molecule has 1 aromatic carbocycles. The fourth-order valence-corrected chi connectivity index (χ4v) is 3.53. The molecule has 0 amide bonds. The standard InChI is InChI=1S/C18H25N3.2ClH/c1-14-11-16(17-6-2-3-7-18(17)20-14)13-21-10-4-5-15(12-21)8-9-19;;/h2-3,6-7,11,15H,4-5,8-10,12-13,19H2,1H3;2*1H. The average molecular weight is 356 g/mol. The van der Waals surface area contributed by atoms with Crippen molar-refractivity contribution in [1.29, 1.82) is 0 Å². The van der Waals surface area contributed by atoms with Gasteiger partial charge >= 0.3 is 0 Å². The number of aromatic nitrogens is 1. The van der Waals surface area contributed by atoms with Crippen LogP contribution in [0.25, 0.3) is 10.9 Å². The minimum atomic E-state index is 0. The van der Waals surface area contributed by atoms with Crippen LogP contribution in [0.15, 0.2) is 30.3 Å². The van der Waals surface area contributed by atoms with Crippen LogP contribution in [0.1, 0.15) is 30.5 Å². The molecule has 1 saturated heterocycles. The first-order valence-electron chi connectivity index (χ1n) is 8.04. The third-order valence-corrected chi connectivity index (χ3v) is 4.50. The summed E-state index contributed by atoms with van der Waals surface area (Å²) in [4.78, 5) is 7.23. The monoisotopic (exact) mass is 355 g/mol. The van der Waals surface area contributed by atoms with Crippen molar-refractivity contribution in [3.8, 4) is 0 Å². The number of fused-ring (bicyclic) bond motifs is 1. The van der Waals surface area contributed by atoms with Gasteiger partial charge in [-0.15, -0.1) is 24.8 Å². The van der Waals surface area contributed by atoms with Crippen LogP contribution in [0, 0.1) is 12.8 Å². The highest BCUT2D eigenvalue weighted by Crippen LogP contribution is 2.24. The second-order valence-electron chi connectivity index (χ2n) is 6.26. The highest BCUT2D eigenvalue weighted by atomic mass is 35.5. The van der Waals surface area contributed by atoms with Crippen LogP contribution < -0.4 is 5.73 Å². The molecule has 3 rings (SSSR count). The van der Waals surface area contributed by atoms with Gasteiger partial charge in [0, 0.05) is 24.2 Å². The van der Waals surface area contributed by atoms with Crippen LogP contribution in [-0.4, -0.2) is 29.5 Å². The number of aryl methyl sites for hydroxylation is 1. The molecule has 2 heterocycles. The topological polar surface area (TPSA) is 42.1 Å². The molecule has 0 bridgehead atoms. The lowest BCUT2D eigenvalue weighted by Gasteiger charge is -2.33. The van der Waals surface area contributed by atoms with Gasteiger partial charge in [0.1, 0.15) is 0 Å². The van der Waals surface area contributed by atoms with Crippen molar-refractivity contribution in [2.75, 3.05) is 19.6 Å². The Morgan fingerprint density at radius 1 is 1.26 bits per heavy atom. The summed E-state index contributed by atoms with van der Waals surface area (Å²) in [5.74, 6) is 0.776. The molecule has 0 spiro atoms. The van der Waals surface area contributed by atoms with E-state index in [1.54, 1.807) is 0 Å². The fourth-order valence-electron chi connectivity index (χ4n) is 3.53. The Hall–Kier alpha value is -0.870. The van der Waals surface area contributed by atoms with E-state index in [0.717, 1.165) is 36.6 Å². The number of hydrogen-bond acceptors (Lipinski definition) is 3. The molecule has 2 aromatic rings. The molecule has 1 aliphatic heterocycles. The van der Waals surface area contributed by atoms with Gasteiger partial charge in [-0.1, -0.05) is 18.2 Å². The lowest BCUT2D eigenvalue weighted by Crippen LogP contribution is -2.35. The van der Waals surface area contributed by atoms with Crippen molar-refractivity contribution < 1.29 is 0 Å². The van der Waals surface area contributed by atoms with Gasteiger partial charge in [0.25, 0.3) is 0 Å².